The SMILES string of the molecule is COc1ccc(CN2CCC(NC(=O)C34CC5CC(CC(Br)(C5)C3)C4)CC2)cc1F. The number of rotatable bonds is 5. The summed E-state index contributed by atoms with van der Waals surface area (Å²) in [5.41, 5.74) is 0.831. The summed E-state index contributed by atoms with van der Waals surface area (Å²) in [5.74, 6) is 1.75. The zero-order valence-electron chi connectivity index (χ0n) is 17.8. The standard InChI is InChI=1S/C24H32BrFN2O2/c1-30-21-3-2-16(9-20(21)26)14-28-6-4-19(5-7-28)27-22(29)23-10-17-8-18(11-23)13-24(25,12-17)15-23/h2-3,9,17-19H,4-8,10-15H2,1H3,(H,27,29). The Morgan fingerprint density at radius 3 is 2.53 bits per heavy atom. The minimum atomic E-state index is -0.308. The lowest BCUT2D eigenvalue weighted by molar-refractivity contribution is -0.145. The number of hydrogen-bond donors (Lipinski definition) is 1. The Kier molecular flexibility index (Phi) is 5.37. The van der Waals surface area contributed by atoms with Crippen LogP contribution in [0, 0.1) is 23.1 Å². The Morgan fingerprint density at radius 2 is 1.93 bits per heavy atom. The number of hydrogen-bond acceptors (Lipinski definition) is 3. The predicted molar refractivity (Wildman–Crippen MR) is 118 cm³/mol. The fourth-order valence-corrected chi connectivity index (χ4v) is 8.51. The molecule has 1 aliphatic heterocycles. The number of benzene rings is 1. The molecule has 1 saturated heterocycles. The van der Waals surface area contributed by atoms with Crippen molar-refractivity contribution in [3.8, 4) is 5.75 Å². The largest absolute Gasteiger partial charge is 0.494 e. The van der Waals surface area contributed by atoms with Crippen molar-refractivity contribution in [2.45, 2.75) is 68.3 Å². The van der Waals surface area contributed by atoms with Crippen molar-refractivity contribution in [3.63, 3.8) is 0 Å². The molecular formula is C24H32BrFN2O2. The number of amides is 1. The van der Waals surface area contributed by atoms with Crippen LogP contribution in [0.15, 0.2) is 18.2 Å². The normalized spacial score (nSPS) is 36.1. The van der Waals surface area contributed by atoms with E-state index in [4.69, 9.17) is 4.74 Å². The third kappa shape index (κ3) is 3.90. The molecule has 6 heteroatoms. The van der Waals surface area contributed by atoms with Crippen LogP contribution in [0.25, 0.3) is 0 Å². The lowest BCUT2D eigenvalue weighted by Gasteiger charge is -2.59. The number of halogens is 2. The number of alkyl halides is 1. The number of likely N-dealkylation sites (tertiary alicyclic amines) is 1. The molecule has 4 nitrogen and oxygen atoms in total. The molecule has 30 heavy (non-hydrogen) atoms. The number of nitrogens with zero attached hydrogens (tertiary/aromatic N) is 1. The van der Waals surface area contributed by atoms with Crippen molar-refractivity contribution in [1.29, 1.82) is 0 Å². The van der Waals surface area contributed by atoms with E-state index in [2.05, 4.69) is 26.1 Å². The van der Waals surface area contributed by atoms with E-state index in [-0.39, 0.29) is 27.3 Å². The van der Waals surface area contributed by atoms with Gasteiger partial charge in [0.2, 0.25) is 5.91 Å². The van der Waals surface area contributed by atoms with Crippen LogP contribution in [0.5, 0.6) is 5.75 Å². The molecule has 0 spiro atoms. The predicted octanol–water partition coefficient (Wildman–Crippen LogP) is 4.65. The van der Waals surface area contributed by atoms with Gasteiger partial charge >= 0.3 is 0 Å². The first kappa shape index (κ1) is 20.7. The second kappa shape index (κ2) is 7.77. The van der Waals surface area contributed by atoms with E-state index in [1.807, 2.05) is 6.07 Å². The molecule has 1 heterocycles. The Morgan fingerprint density at radius 1 is 1.23 bits per heavy atom. The van der Waals surface area contributed by atoms with Crippen molar-refractivity contribution in [1.82, 2.24) is 10.2 Å². The van der Waals surface area contributed by atoms with Crippen molar-refractivity contribution in [3.05, 3.63) is 29.6 Å². The zero-order chi connectivity index (χ0) is 20.9. The highest BCUT2D eigenvalue weighted by molar-refractivity contribution is 9.10. The molecule has 2 atom stereocenters. The van der Waals surface area contributed by atoms with Crippen LogP contribution >= 0.6 is 15.9 Å². The molecule has 0 aromatic heterocycles. The molecule has 4 saturated carbocycles. The van der Waals surface area contributed by atoms with Crippen LogP contribution in [0.4, 0.5) is 4.39 Å². The van der Waals surface area contributed by atoms with Crippen LogP contribution in [0.1, 0.15) is 56.9 Å². The Bertz CT molecular complexity index is 809. The maximum atomic E-state index is 14.0. The van der Waals surface area contributed by atoms with E-state index < -0.39 is 0 Å². The number of ether oxygens (including phenoxy) is 1. The monoisotopic (exact) mass is 478 g/mol. The summed E-state index contributed by atoms with van der Waals surface area (Å²) in [5, 5.41) is 3.44. The Balaban J connectivity index is 1.15. The summed E-state index contributed by atoms with van der Waals surface area (Å²) in [6, 6.07) is 5.45. The molecule has 1 aromatic carbocycles. The zero-order valence-corrected chi connectivity index (χ0v) is 19.3. The summed E-state index contributed by atoms with van der Waals surface area (Å²) >= 11 is 4.02. The minimum Gasteiger partial charge on any atom is -0.494 e. The number of carbonyl (C=O) groups excluding carboxylic acids is 1. The molecule has 1 aromatic rings. The second-order valence-corrected chi connectivity index (χ2v) is 12.1. The average molecular weight is 479 g/mol. The lowest BCUT2D eigenvalue weighted by Crippen LogP contribution is -2.59. The van der Waals surface area contributed by atoms with Gasteiger partial charge in [-0.3, -0.25) is 9.69 Å². The van der Waals surface area contributed by atoms with Gasteiger partial charge in [-0.25, -0.2) is 4.39 Å². The molecule has 1 amide bonds. The summed E-state index contributed by atoms with van der Waals surface area (Å²) < 4.78 is 19.2. The highest BCUT2D eigenvalue weighted by Crippen LogP contribution is 2.64. The van der Waals surface area contributed by atoms with Crippen molar-refractivity contribution < 1.29 is 13.9 Å². The summed E-state index contributed by atoms with van der Waals surface area (Å²) in [6.45, 7) is 2.60. The highest BCUT2D eigenvalue weighted by Gasteiger charge is 2.59. The van der Waals surface area contributed by atoms with E-state index in [0.29, 0.717) is 5.91 Å². The molecule has 5 aliphatic rings. The first-order chi connectivity index (χ1) is 14.4. The quantitative estimate of drug-likeness (QED) is 0.626. The smallest absolute Gasteiger partial charge is 0.226 e. The van der Waals surface area contributed by atoms with Gasteiger partial charge in [-0.05, 0) is 80.9 Å². The molecule has 5 fully saturated rings. The Hall–Kier alpha value is -1.14. The van der Waals surface area contributed by atoms with E-state index in [1.165, 1.54) is 26.4 Å². The van der Waals surface area contributed by atoms with Gasteiger partial charge in [-0.1, -0.05) is 22.0 Å². The van der Waals surface area contributed by atoms with Crippen LogP contribution < -0.4 is 10.1 Å². The number of nitrogens with one attached hydrogen (secondary N) is 1. The average Bonchev–Trinajstić information content (AvgIpc) is 2.68. The van der Waals surface area contributed by atoms with Gasteiger partial charge in [0.15, 0.2) is 11.6 Å². The third-order valence-corrected chi connectivity index (χ3v) is 8.94. The molecule has 4 aliphatic carbocycles. The minimum absolute atomic E-state index is 0.134. The van der Waals surface area contributed by atoms with Crippen LogP contribution in [0.3, 0.4) is 0 Å². The van der Waals surface area contributed by atoms with Crippen LogP contribution in [-0.4, -0.2) is 41.4 Å². The first-order valence-corrected chi connectivity index (χ1v) is 12.2. The topological polar surface area (TPSA) is 41.6 Å². The third-order valence-electron chi connectivity index (χ3n) is 8.02. The van der Waals surface area contributed by atoms with Crippen LogP contribution in [-0.2, 0) is 11.3 Å². The lowest BCUT2D eigenvalue weighted by atomic mass is 9.49. The van der Waals surface area contributed by atoms with Gasteiger partial charge in [0.05, 0.1) is 12.5 Å². The van der Waals surface area contributed by atoms with E-state index in [9.17, 15) is 9.18 Å². The molecule has 2 unspecified atom stereocenters. The van der Waals surface area contributed by atoms with Gasteiger partial charge in [0.1, 0.15) is 0 Å². The van der Waals surface area contributed by atoms with E-state index in [0.717, 1.165) is 69.1 Å². The van der Waals surface area contributed by atoms with Crippen molar-refractivity contribution in [2.24, 2.45) is 17.3 Å². The van der Waals surface area contributed by atoms with Crippen molar-refractivity contribution >= 4 is 21.8 Å². The van der Waals surface area contributed by atoms with Gasteiger partial charge in [-0.2, -0.15) is 0 Å². The first-order valence-electron chi connectivity index (χ1n) is 11.4. The molecule has 1 N–H and O–H groups in total. The summed E-state index contributed by atoms with van der Waals surface area (Å²) in [4.78, 5) is 15.7. The molecule has 0 radical (unpaired) electrons. The second-order valence-electron chi connectivity index (χ2n) is 10.4. The fraction of sp³-hybridized carbons (Fsp3) is 0.708. The molecule has 4 bridgehead atoms. The number of piperidine rings is 1. The maximum Gasteiger partial charge on any atom is 0.226 e. The maximum absolute atomic E-state index is 14.0. The summed E-state index contributed by atoms with van der Waals surface area (Å²) in [7, 11) is 1.48. The van der Waals surface area contributed by atoms with Crippen LogP contribution in [0.2, 0.25) is 0 Å². The molecule has 6 rings (SSSR count). The molecule has 164 valence electrons. The van der Waals surface area contributed by atoms with Gasteiger partial charge < -0.3 is 10.1 Å². The Labute approximate surface area is 187 Å². The van der Waals surface area contributed by atoms with Gasteiger partial charge in [0, 0.05) is 30.0 Å². The van der Waals surface area contributed by atoms with Crippen molar-refractivity contribution in [2.75, 3.05) is 20.2 Å². The van der Waals surface area contributed by atoms with Gasteiger partial charge in [0.25, 0.3) is 0 Å². The molecular weight excluding hydrogens is 447 g/mol. The number of methoxy groups -OCH3 is 1. The number of carbonyl (C=O) groups is 1. The van der Waals surface area contributed by atoms with Gasteiger partial charge in [-0.15, -0.1) is 0 Å². The van der Waals surface area contributed by atoms with E-state index >= 15 is 0 Å². The van der Waals surface area contributed by atoms with E-state index in [1.54, 1.807) is 12.1 Å². The summed E-state index contributed by atoms with van der Waals surface area (Å²) in [6.07, 6.45) is 8.95. The highest BCUT2D eigenvalue weighted by atomic mass is 79.9. The fourth-order valence-electron chi connectivity index (χ4n) is 7.06.